The number of hydrogen-bond donors (Lipinski definition) is 2. The van der Waals surface area contributed by atoms with Crippen LogP contribution in [0.1, 0.15) is 31.0 Å². The number of benzene rings is 1. The molecule has 0 aliphatic carbocycles. The Morgan fingerprint density at radius 3 is 2.57 bits per heavy atom. The molecule has 7 nitrogen and oxygen atoms in total. The van der Waals surface area contributed by atoms with E-state index in [-0.39, 0.29) is 30.0 Å². The minimum atomic E-state index is 0. The molecule has 0 radical (unpaired) electrons. The number of halogens is 1. The van der Waals surface area contributed by atoms with Gasteiger partial charge in [-0.15, -0.1) is 24.0 Å². The van der Waals surface area contributed by atoms with Gasteiger partial charge in [-0.25, -0.2) is 0 Å². The monoisotopic (exact) mass is 528 g/mol. The van der Waals surface area contributed by atoms with Gasteiger partial charge in [-0.05, 0) is 32.5 Å². The van der Waals surface area contributed by atoms with E-state index in [1.165, 1.54) is 11.1 Å². The maximum absolute atomic E-state index is 5.84. The van der Waals surface area contributed by atoms with E-state index < -0.39 is 0 Å². The van der Waals surface area contributed by atoms with E-state index in [0.29, 0.717) is 25.7 Å². The lowest BCUT2D eigenvalue weighted by molar-refractivity contribution is 0.0945. The first-order valence-corrected chi connectivity index (χ1v) is 10.3. The molecule has 2 N–H and O–H groups in total. The fourth-order valence-corrected chi connectivity index (χ4v) is 3.00. The summed E-state index contributed by atoms with van der Waals surface area (Å²) in [6.07, 6.45) is 3.98. The summed E-state index contributed by atoms with van der Waals surface area (Å²) in [6, 6.07) is 10.5. The Hall–Kier alpha value is -1.65. The molecule has 2 rings (SSSR count). The average Bonchev–Trinajstić information content (AvgIpc) is 3.12. The van der Waals surface area contributed by atoms with Gasteiger partial charge in [0.05, 0.1) is 25.5 Å². The number of nitrogens with one attached hydrogen (secondary N) is 2. The first kappa shape index (κ1) is 26.4. The van der Waals surface area contributed by atoms with Crippen molar-refractivity contribution >= 4 is 29.9 Å². The van der Waals surface area contributed by atoms with Gasteiger partial charge in [0.15, 0.2) is 5.96 Å². The van der Waals surface area contributed by atoms with E-state index in [0.717, 1.165) is 19.0 Å². The number of hydrogen-bond acceptors (Lipinski definition) is 4. The topological polar surface area (TPSA) is 66.7 Å². The number of rotatable bonds is 11. The Kier molecular flexibility index (Phi) is 12.6. The SMILES string of the molecule is CCNC(=NCC(C)COCc1ccccc1)NCC(c1cnn(C)c1)N(C)C.I. The standard InChI is InChI=1S/C22H36N6O.HI/c1-6-23-22(25-14-21(27(3)4)20-13-26-28(5)15-20)24-12-18(2)16-29-17-19-10-8-7-9-11-19;/h7-11,13,15,18,21H,6,12,14,16-17H2,1-5H3,(H2,23,24,25);1H. The summed E-state index contributed by atoms with van der Waals surface area (Å²) in [5, 5.41) is 11.1. The normalized spacial score (nSPS) is 13.6. The van der Waals surface area contributed by atoms with Gasteiger partial charge in [0.2, 0.25) is 0 Å². The first-order chi connectivity index (χ1) is 14.0. The summed E-state index contributed by atoms with van der Waals surface area (Å²) in [7, 11) is 6.10. The molecular formula is C22H37IN6O. The summed E-state index contributed by atoms with van der Waals surface area (Å²) < 4.78 is 7.67. The average molecular weight is 528 g/mol. The largest absolute Gasteiger partial charge is 0.376 e. The molecule has 168 valence electrons. The van der Waals surface area contributed by atoms with Crippen LogP contribution in [-0.2, 0) is 18.4 Å². The second-order valence-corrected chi connectivity index (χ2v) is 7.63. The molecule has 0 saturated heterocycles. The van der Waals surface area contributed by atoms with E-state index in [9.17, 15) is 0 Å². The predicted octanol–water partition coefficient (Wildman–Crippen LogP) is 3.05. The lowest BCUT2D eigenvalue weighted by Gasteiger charge is -2.24. The predicted molar refractivity (Wildman–Crippen MR) is 134 cm³/mol. The van der Waals surface area contributed by atoms with Crippen molar-refractivity contribution in [3.8, 4) is 0 Å². The molecule has 1 aromatic carbocycles. The zero-order chi connectivity index (χ0) is 21.1. The highest BCUT2D eigenvalue weighted by Crippen LogP contribution is 2.16. The van der Waals surface area contributed by atoms with Crippen molar-refractivity contribution in [3.05, 3.63) is 53.9 Å². The highest BCUT2D eigenvalue weighted by Gasteiger charge is 2.16. The molecule has 0 bridgehead atoms. The Bertz CT molecular complexity index is 734. The second-order valence-electron chi connectivity index (χ2n) is 7.63. The second kappa shape index (κ2) is 14.4. The smallest absolute Gasteiger partial charge is 0.191 e. The van der Waals surface area contributed by atoms with Crippen LogP contribution in [0.5, 0.6) is 0 Å². The zero-order valence-electron chi connectivity index (χ0n) is 18.8. The molecule has 0 aliphatic heterocycles. The van der Waals surface area contributed by atoms with Crippen LogP contribution in [0.4, 0.5) is 0 Å². The molecular weight excluding hydrogens is 491 g/mol. The molecule has 2 atom stereocenters. The summed E-state index contributed by atoms with van der Waals surface area (Å²) in [6.45, 7) is 7.86. The van der Waals surface area contributed by atoms with Crippen LogP contribution in [0.2, 0.25) is 0 Å². The van der Waals surface area contributed by atoms with Gasteiger partial charge in [-0.1, -0.05) is 37.3 Å². The van der Waals surface area contributed by atoms with Gasteiger partial charge < -0.3 is 20.3 Å². The lowest BCUT2D eigenvalue weighted by atomic mass is 10.1. The van der Waals surface area contributed by atoms with Crippen LogP contribution in [-0.4, -0.2) is 61.0 Å². The molecule has 0 saturated carbocycles. The van der Waals surface area contributed by atoms with Gasteiger partial charge in [0, 0.05) is 38.4 Å². The third-order valence-corrected chi connectivity index (χ3v) is 4.62. The van der Waals surface area contributed by atoms with Crippen LogP contribution in [0.3, 0.4) is 0 Å². The molecule has 0 fully saturated rings. The zero-order valence-corrected chi connectivity index (χ0v) is 21.2. The van der Waals surface area contributed by atoms with Crippen molar-refractivity contribution in [1.82, 2.24) is 25.3 Å². The van der Waals surface area contributed by atoms with E-state index in [1.807, 2.05) is 36.1 Å². The van der Waals surface area contributed by atoms with Gasteiger partial charge in [0.25, 0.3) is 0 Å². The van der Waals surface area contributed by atoms with Crippen LogP contribution >= 0.6 is 24.0 Å². The third kappa shape index (κ3) is 9.44. The van der Waals surface area contributed by atoms with Crippen LogP contribution in [0.15, 0.2) is 47.7 Å². The quantitative estimate of drug-likeness (QED) is 0.267. The van der Waals surface area contributed by atoms with Crippen molar-refractivity contribution in [2.24, 2.45) is 18.0 Å². The minimum Gasteiger partial charge on any atom is -0.376 e. The summed E-state index contributed by atoms with van der Waals surface area (Å²) in [4.78, 5) is 6.93. The third-order valence-electron chi connectivity index (χ3n) is 4.62. The minimum absolute atomic E-state index is 0. The lowest BCUT2D eigenvalue weighted by Crippen LogP contribution is -2.42. The van der Waals surface area contributed by atoms with Gasteiger partial charge in [-0.3, -0.25) is 9.67 Å². The first-order valence-electron chi connectivity index (χ1n) is 10.3. The van der Waals surface area contributed by atoms with Crippen molar-refractivity contribution in [1.29, 1.82) is 0 Å². The fraction of sp³-hybridized carbons (Fsp3) is 0.545. The highest BCUT2D eigenvalue weighted by atomic mass is 127. The van der Waals surface area contributed by atoms with E-state index in [2.05, 4.69) is 66.9 Å². The number of guanidine groups is 1. The molecule has 1 heterocycles. The molecule has 0 spiro atoms. The number of nitrogens with zero attached hydrogens (tertiary/aromatic N) is 4. The molecule has 2 unspecified atom stereocenters. The Balaban J connectivity index is 0.00000450. The van der Waals surface area contributed by atoms with Crippen LogP contribution in [0, 0.1) is 5.92 Å². The molecule has 30 heavy (non-hydrogen) atoms. The van der Waals surface area contributed by atoms with Crippen molar-refractivity contribution in [3.63, 3.8) is 0 Å². The number of aliphatic imine (C=N–C) groups is 1. The van der Waals surface area contributed by atoms with Gasteiger partial charge in [0.1, 0.15) is 0 Å². The molecule has 2 aromatic rings. The van der Waals surface area contributed by atoms with Gasteiger partial charge in [-0.2, -0.15) is 5.10 Å². The highest BCUT2D eigenvalue weighted by molar-refractivity contribution is 14.0. The molecule has 0 aliphatic rings. The molecule has 1 aromatic heterocycles. The Morgan fingerprint density at radius 1 is 1.23 bits per heavy atom. The van der Waals surface area contributed by atoms with Crippen LogP contribution < -0.4 is 10.6 Å². The number of likely N-dealkylation sites (N-methyl/N-ethyl adjacent to an activating group) is 1. The van der Waals surface area contributed by atoms with Crippen LogP contribution in [0.25, 0.3) is 0 Å². The maximum Gasteiger partial charge on any atom is 0.191 e. The van der Waals surface area contributed by atoms with Crippen molar-refractivity contribution in [2.45, 2.75) is 26.5 Å². The molecule has 8 heteroatoms. The Morgan fingerprint density at radius 2 is 1.97 bits per heavy atom. The summed E-state index contributed by atoms with van der Waals surface area (Å²) in [5.41, 5.74) is 2.38. The van der Waals surface area contributed by atoms with E-state index in [1.54, 1.807) is 0 Å². The Labute approximate surface area is 198 Å². The van der Waals surface area contributed by atoms with Crippen molar-refractivity contribution in [2.75, 3.05) is 40.3 Å². The van der Waals surface area contributed by atoms with E-state index in [4.69, 9.17) is 9.73 Å². The maximum atomic E-state index is 5.84. The number of aryl methyl sites for hydroxylation is 1. The molecule has 0 amide bonds. The summed E-state index contributed by atoms with van der Waals surface area (Å²) in [5.74, 6) is 1.18. The van der Waals surface area contributed by atoms with Gasteiger partial charge >= 0.3 is 0 Å². The van der Waals surface area contributed by atoms with Crippen molar-refractivity contribution < 1.29 is 4.74 Å². The number of ether oxygens (including phenoxy) is 1. The van der Waals surface area contributed by atoms with E-state index >= 15 is 0 Å². The summed E-state index contributed by atoms with van der Waals surface area (Å²) >= 11 is 0. The fourth-order valence-electron chi connectivity index (χ4n) is 3.00. The number of aromatic nitrogens is 2.